The fraction of sp³-hybridized carbons (Fsp3) is 0.118. The number of amidine groups is 1. The third kappa shape index (κ3) is 2.55. The van der Waals surface area contributed by atoms with Gasteiger partial charge in [-0.15, -0.1) is 15.3 Å². The van der Waals surface area contributed by atoms with Crippen LogP contribution in [0.25, 0.3) is 0 Å². The van der Waals surface area contributed by atoms with E-state index in [2.05, 4.69) is 25.7 Å². The highest BCUT2D eigenvalue weighted by atomic mass is 16.2. The van der Waals surface area contributed by atoms with Crippen LogP contribution in [0.4, 0.5) is 5.69 Å². The topological polar surface area (TPSA) is 78.5 Å². The summed E-state index contributed by atoms with van der Waals surface area (Å²) in [5.74, 6) is 0.286. The van der Waals surface area contributed by atoms with Crippen molar-refractivity contribution < 1.29 is 4.79 Å². The van der Waals surface area contributed by atoms with Gasteiger partial charge in [0.05, 0.1) is 5.69 Å². The number of hydrogen-bond donors (Lipinski definition) is 1. The number of rotatable bonds is 2. The lowest BCUT2D eigenvalue weighted by molar-refractivity contribution is -0.110. The molecule has 6 nitrogen and oxygen atoms in total. The molecule has 1 atom stereocenters. The molecule has 0 saturated carbocycles. The number of carbonyl (C=O) groups excluding carboxylic acids is 1. The van der Waals surface area contributed by atoms with Gasteiger partial charge < -0.3 is 5.32 Å². The Labute approximate surface area is 132 Å². The third-order valence-corrected chi connectivity index (χ3v) is 3.78. The van der Waals surface area contributed by atoms with E-state index in [9.17, 15) is 4.79 Å². The molecule has 0 spiro atoms. The number of hydrogen-bond acceptors (Lipinski definition) is 4. The van der Waals surface area contributed by atoms with E-state index in [4.69, 9.17) is 0 Å². The Morgan fingerprint density at radius 2 is 1.78 bits per heavy atom. The monoisotopic (exact) mass is 303 g/mol. The molecule has 112 valence electrons. The van der Waals surface area contributed by atoms with Crippen LogP contribution in [0.1, 0.15) is 23.6 Å². The summed E-state index contributed by atoms with van der Waals surface area (Å²) in [4.78, 5) is 12.0. The van der Waals surface area contributed by atoms with Gasteiger partial charge in [0.25, 0.3) is 5.91 Å². The summed E-state index contributed by atoms with van der Waals surface area (Å²) in [6, 6.07) is 17.3. The van der Waals surface area contributed by atoms with Crippen LogP contribution < -0.4 is 5.32 Å². The number of azo groups is 1. The summed E-state index contributed by atoms with van der Waals surface area (Å²) < 4.78 is 0. The first-order valence-electron chi connectivity index (χ1n) is 7.32. The second kappa shape index (κ2) is 5.57. The molecule has 0 radical (unpaired) electrons. The molecule has 1 amide bonds. The summed E-state index contributed by atoms with van der Waals surface area (Å²) >= 11 is 0. The first-order valence-corrected chi connectivity index (χ1v) is 7.32. The smallest absolute Gasteiger partial charge is 0.276 e. The van der Waals surface area contributed by atoms with Crippen molar-refractivity contribution in [3.63, 3.8) is 0 Å². The highest BCUT2D eigenvalue weighted by molar-refractivity contribution is 6.53. The minimum absolute atomic E-state index is 0.0279. The van der Waals surface area contributed by atoms with Crippen LogP contribution in [0, 0.1) is 0 Å². The van der Waals surface area contributed by atoms with Gasteiger partial charge in [-0.3, -0.25) is 4.79 Å². The van der Waals surface area contributed by atoms with E-state index in [1.807, 2.05) is 54.6 Å². The van der Waals surface area contributed by atoms with Crippen molar-refractivity contribution >= 4 is 23.1 Å². The van der Waals surface area contributed by atoms with E-state index in [0.717, 1.165) is 16.8 Å². The van der Waals surface area contributed by atoms with Gasteiger partial charge in [0, 0.05) is 12.0 Å². The molecule has 0 saturated heterocycles. The van der Waals surface area contributed by atoms with Gasteiger partial charge in [-0.2, -0.15) is 5.11 Å². The Balaban J connectivity index is 1.56. The number of fused-ring (bicyclic) bond motifs is 1. The number of benzene rings is 2. The van der Waals surface area contributed by atoms with Gasteiger partial charge in [0.15, 0.2) is 11.5 Å². The van der Waals surface area contributed by atoms with Crippen molar-refractivity contribution in [3.8, 4) is 0 Å². The van der Waals surface area contributed by atoms with Crippen LogP contribution in [0.3, 0.4) is 0 Å². The molecular weight excluding hydrogens is 290 g/mol. The summed E-state index contributed by atoms with van der Waals surface area (Å²) in [5.41, 5.74) is 2.92. The zero-order chi connectivity index (χ0) is 15.6. The largest absolute Gasteiger partial charge is 0.320 e. The highest BCUT2D eigenvalue weighted by Gasteiger charge is 2.26. The van der Waals surface area contributed by atoms with Crippen molar-refractivity contribution in [2.75, 3.05) is 5.32 Å². The number of para-hydroxylation sites is 1. The zero-order valence-electron chi connectivity index (χ0n) is 12.2. The van der Waals surface area contributed by atoms with Crippen molar-refractivity contribution in [1.82, 2.24) is 0 Å². The van der Waals surface area contributed by atoms with E-state index in [1.165, 1.54) is 0 Å². The third-order valence-electron chi connectivity index (χ3n) is 3.78. The fourth-order valence-electron chi connectivity index (χ4n) is 2.62. The van der Waals surface area contributed by atoms with Gasteiger partial charge >= 0.3 is 0 Å². The maximum atomic E-state index is 12.0. The molecule has 0 fully saturated rings. The molecule has 6 heteroatoms. The van der Waals surface area contributed by atoms with Crippen LogP contribution in [0.15, 0.2) is 75.0 Å². The van der Waals surface area contributed by atoms with Crippen LogP contribution in [0.5, 0.6) is 0 Å². The lowest BCUT2D eigenvalue weighted by Gasteiger charge is -2.03. The summed E-state index contributed by atoms with van der Waals surface area (Å²) in [7, 11) is 0. The Morgan fingerprint density at radius 1 is 1.00 bits per heavy atom. The van der Waals surface area contributed by atoms with E-state index >= 15 is 0 Å². The van der Waals surface area contributed by atoms with Gasteiger partial charge in [-0.25, -0.2) is 0 Å². The molecule has 2 aliphatic heterocycles. The van der Waals surface area contributed by atoms with E-state index in [-0.39, 0.29) is 11.9 Å². The summed E-state index contributed by atoms with van der Waals surface area (Å²) in [6.07, 6.45) is 0.587. The Bertz CT molecular complexity index is 854. The predicted molar refractivity (Wildman–Crippen MR) is 87.7 cm³/mol. The molecule has 2 aromatic rings. The lowest BCUT2D eigenvalue weighted by Crippen LogP contribution is -2.14. The first kappa shape index (κ1) is 13.5. The molecule has 2 aliphatic rings. The number of nitrogens with zero attached hydrogens (tertiary/aromatic N) is 4. The second-order valence-electron chi connectivity index (χ2n) is 5.31. The quantitative estimate of drug-likeness (QED) is 0.848. The normalized spacial score (nSPS) is 22.6. The van der Waals surface area contributed by atoms with Crippen LogP contribution >= 0.6 is 0 Å². The number of carbonyl (C=O) groups is 1. The average molecular weight is 303 g/mol. The zero-order valence-corrected chi connectivity index (χ0v) is 12.2. The number of amides is 1. The van der Waals surface area contributed by atoms with Crippen molar-refractivity contribution in [2.45, 2.75) is 12.5 Å². The van der Waals surface area contributed by atoms with Crippen molar-refractivity contribution in [1.29, 1.82) is 0 Å². The van der Waals surface area contributed by atoms with Crippen LogP contribution in [-0.4, -0.2) is 17.5 Å². The van der Waals surface area contributed by atoms with Gasteiger partial charge in [0.2, 0.25) is 0 Å². The summed E-state index contributed by atoms with van der Waals surface area (Å²) in [5, 5.41) is 19.3. The molecular formula is C17H13N5O. The Kier molecular flexibility index (Phi) is 3.27. The standard InChI is InChI=1S/C17H13N5O/c23-17-16(12-8-4-5-9-13(12)18-17)22-21-15-10-14(19-20-15)11-6-2-1-3-7-11/h1-9,14H,10H2,(H,18,22,23)/b21-15-. The number of nitrogens with one attached hydrogen (secondary N) is 1. The highest BCUT2D eigenvalue weighted by Crippen LogP contribution is 2.28. The molecule has 23 heavy (non-hydrogen) atoms. The minimum atomic E-state index is -0.245. The molecule has 4 rings (SSSR count). The molecule has 0 aliphatic carbocycles. The van der Waals surface area contributed by atoms with Gasteiger partial charge in [-0.05, 0) is 11.6 Å². The minimum Gasteiger partial charge on any atom is -0.320 e. The van der Waals surface area contributed by atoms with E-state index in [0.29, 0.717) is 18.0 Å². The van der Waals surface area contributed by atoms with Crippen molar-refractivity contribution in [2.24, 2.45) is 20.4 Å². The molecule has 0 bridgehead atoms. The number of anilines is 1. The molecule has 1 N–H and O–H groups in total. The first-order chi connectivity index (χ1) is 11.3. The van der Waals surface area contributed by atoms with Gasteiger partial charge in [0.1, 0.15) is 6.04 Å². The van der Waals surface area contributed by atoms with E-state index in [1.54, 1.807) is 0 Å². The molecule has 2 heterocycles. The van der Waals surface area contributed by atoms with Gasteiger partial charge in [-0.1, -0.05) is 48.5 Å². The maximum absolute atomic E-state index is 12.0. The second-order valence-corrected chi connectivity index (χ2v) is 5.31. The molecule has 1 unspecified atom stereocenters. The molecule has 0 aromatic heterocycles. The fourth-order valence-corrected chi connectivity index (χ4v) is 2.62. The van der Waals surface area contributed by atoms with Crippen LogP contribution in [-0.2, 0) is 4.79 Å². The summed E-state index contributed by atoms with van der Waals surface area (Å²) in [6.45, 7) is 0. The lowest BCUT2D eigenvalue weighted by atomic mass is 10.1. The Hall–Kier alpha value is -3.15. The van der Waals surface area contributed by atoms with Crippen molar-refractivity contribution in [3.05, 3.63) is 65.7 Å². The van der Waals surface area contributed by atoms with E-state index < -0.39 is 0 Å². The SMILES string of the molecule is O=C1Nc2ccccc2/C1=N\N=C1\CC(c2ccccc2)N=N1. The average Bonchev–Trinajstić information content (AvgIpc) is 3.18. The maximum Gasteiger partial charge on any atom is 0.276 e. The molecule has 2 aromatic carbocycles. The van der Waals surface area contributed by atoms with Crippen LogP contribution in [0.2, 0.25) is 0 Å². The Morgan fingerprint density at radius 3 is 2.65 bits per heavy atom. The predicted octanol–water partition coefficient (Wildman–Crippen LogP) is 3.34.